The summed E-state index contributed by atoms with van der Waals surface area (Å²) in [6, 6.07) is 13.3. The molecule has 0 heterocycles. The number of aryl methyl sites for hydroxylation is 1. The highest BCUT2D eigenvalue weighted by atomic mass is 16.5. The van der Waals surface area contributed by atoms with Crippen LogP contribution in [0.5, 0.6) is 11.5 Å². The van der Waals surface area contributed by atoms with Crippen LogP contribution >= 0.6 is 0 Å². The van der Waals surface area contributed by atoms with Gasteiger partial charge in [-0.2, -0.15) is 5.10 Å². The molecule has 2 aromatic carbocycles. The second-order valence-corrected chi connectivity index (χ2v) is 5.36. The second-order valence-electron chi connectivity index (χ2n) is 5.36. The Kier molecular flexibility index (Phi) is 6.83. The normalized spacial score (nSPS) is 10.5. The molecule has 0 saturated carbocycles. The Bertz CT molecular complexity index is 727. The SMILES string of the molecule is CCOc1cc(C=NNC(=O)CNc2ccc(C)cc2)ccc1OC. The van der Waals surface area contributed by atoms with Crippen LogP contribution in [0, 0.1) is 6.92 Å². The molecule has 132 valence electrons. The van der Waals surface area contributed by atoms with E-state index in [2.05, 4.69) is 15.8 Å². The molecule has 1 amide bonds. The predicted octanol–water partition coefficient (Wildman–Crippen LogP) is 2.96. The Labute approximate surface area is 147 Å². The molecule has 0 fully saturated rings. The number of hydrogen-bond acceptors (Lipinski definition) is 5. The van der Waals surface area contributed by atoms with Crippen molar-refractivity contribution in [1.82, 2.24) is 5.43 Å². The molecule has 0 aromatic heterocycles. The molecule has 2 aromatic rings. The number of benzene rings is 2. The number of carbonyl (C=O) groups is 1. The molecule has 0 aliphatic rings. The topological polar surface area (TPSA) is 72.0 Å². The molecule has 0 saturated heterocycles. The third-order valence-corrected chi connectivity index (χ3v) is 3.40. The summed E-state index contributed by atoms with van der Waals surface area (Å²) in [5.41, 5.74) is 5.35. The van der Waals surface area contributed by atoms with E-state index in [9.17, 15) is 4.79 Å². The highest BCUT2D eigenvalue weighted by Gasteiger charge is 2.04. The van der Waals surface area contributed by atoms with E-state index in [1.54, 1.807) is 19.4 Å². The number of carbonyl (C=O) groups excluding carboxylic acids is 1. The summed E-state index contributed by atoms with van der Waals surface area (Å²) < 4.78 is 10.7. The molecule has 0 atom stereocenters. The zero-order chi connectivity index (χ0) is 18.1. The van der Waals surface area contributed by atoms with Crippen LogP contribution in [0.3, 0.4) is 0 Å². The average molecular weight is 341 g/mol. The van der Waals surface area contributed by atoms with Crippen molar-refractivity contribution in [3.63, 3.8) is 0 Å². The molecule has 0 spiro atoms. The summed E-state index contributed by atoms with van der Waals surface area (Å²) in [4.78, 5) is 11.8. The minimum Gasteiger partial charge on any atom is -0.493 e. The van der Waals surface area contributed by atoms with Crippen molar-refractivity contribution in [2.45, 2.75) is 13.8 Å². The van der Waals surface area contributed by atoms with Gasteiger partial charge >= 0.3 is 0 Å². The molecule has 0 unspecified atom stereocenters. The van der Waals surface area contributed by atoms with E-state index in [-0.39, 0.29) is 12.5 Å². The van der Waals surface area contributed by atoms with Gasteiger partial charge in [0.25, 0.3) is 5.91 Å². The Hall–Kier alpha value is -3.02. The van der Waals surface area contributed by atoms with E-state index in [1.807, 2.05) is 50.2 Å². The Morgan fingerprint density at radius 3 is 2.60 bits per heavy atom. The van der Waals surface area contributed by atoms with Gasteiger partial charge in [0.05, 0.1) is 26.5 Å². The van der Waals surface area contributed by atoms with Gasteiger partial charge in [-0.15, -0.1) is 0 Å². The molecule has 0 radical (unpaired) electrons. The van der Waals surface area contributed by atoms with Crippen molar-refractivity contribution in [3.05, 3.63) is 53.6 Å². The third-order valence-electron chi connectivity index (χ3n) is 3.40. The van der Waals surface area contributed by atoms with Gasteiger partial charge < -0.3 is 14.8 Å². The highest BCUT2D eigenvalue weighted by Crippen LogP contribution is 2.27. The summed E-state index contributed by atoms with van der Waals surface area (Å²) >= 11 is 0. The average Bonchev–Trinajstić information content (AvgIpc) is 2.62. The standard InChI is InChI=1S/C19H23N3O3/c1-4-25-18-11-15(7-10-17(18)24-3)12-21-22-19(23)13-20-16-8-5-14(2)6-9-16/h5-12,20H,4,13H2,1-3H3,(H,22,23). The van der Waals surface area contributed by atoms with Crippen molar-refractivity contribution in [3.8, 4) is 11.5 Å². The van der Waals surface area contributed by atoms with Crippen LogP contribution in [0.2, 0.25) is 0 Å². The van der Waals surface area contributed by atoms with Crippen LogP contribution in [-0.2, 0) is 4.79 Å². The molecule has 0 aliphatic carbocycles. The number of rotatable bonds is 8. The number of hydrogen-bond donors (Lipinski definition) is 2. The largest absolute Gasteiger partial charge is 0.493 e. The Balaban J connectivity index is 1.86. The van der Waals surface area contributed by atoms with Crippen molar-refractivity contribution < 1.29 is 14.3 Å². The molecule has 25 heavy (non-hydrogen) atoms. The lowest BCUT2D eigenvalue weighted by molar-refractivity contribution is -0.119. The minimum absolute atomic E-state index is 0.146. The van der Waals surface area contributed by atoms with Crippen LogP contribution in [0.4, 0.5) is 5.69 Å². The molecule has 6 nitrogen and oxygen atoms in total. The van der Waals surface area contributed by atoms with Crippen LogP contribution in [-0.4, -0.2) is 32.4 Å². The lowest BCUT2D eigenvalue weighted by Gasteiger charge is -2.09. The first-order valence-electron chi connectivity index (χ1n) is 8.05. The number of methoxy groups -OCH3 is 1. The number of ether oxygens (including phenoxy) is 2. The summed E-state index contributed by atoms with van der Waals surface area (Å²) in [6.45, 7) is 4.61. The molecule has 0 aliphatic heterocycles. The highest BCUT2D eigenvalue weighted by molar-refractivity contribution is 5.84. The number of hydrazone groups is 1. The van der Waals surface area contributed by atoms with E-state index in [0.29, 0.717) is 18.1 Å². The van der Waals surface area contributed by atoms with Crippen molar-refractivity contribution in [1.29, 1.82) is 0 Å². The van der Waals surface area contributed by atoms with Crippen LogP contribution in [0.25, 0.3) is 0 Å². The quantitative estimate of drug-likeness (QED) is 0.572. The minimum atomic E-state index is -0.227. The first kappa shape index (κ1) is 18.3. The number of amides is 1. The zero-order valence-corrected chi connectivity index (χ0v) is 14.7. The van der Waals surface area contributed by atoms with Gasteiger partial charge in [-0.1, -0.05) is 17.7 Å². The van der Waals surface area contributed by atoms with Crippen molar-refractivity contribution in [2.24, 2.45) is 5.10 Å². The number of nitrogens with zero attached hydrogens (tertiary/aromatic N) is 1. The van der Waals surface area contributed by atoms with Gasteiger partial charge in [0.2, 0.25) is 0 Å². The van der Waals surface area contributed by atoms with E-state index in [1.165, 1.54) is 5.56 Å². The Morgan fingerprint density at radius 1 is 1.16 bits per heavy atom. The van der Waals surface area contributed by atoms with Gasteiger partial charge in [-0.3, -0.25) is 4.79 Å². The molecular weight excluding hydrogens is 318 g/mol. The summed E-state index contributed by atoms with van der Waals surface area (Å²) in [5, 5.41) is 7.00. The van der Waals surface area contributed by atoms with Crippen molar-refractivity contribution >= 4 is 17.8 Å². The lowest BCUT2D eigenvalue weighted by Crippen LogP contribution is -2.25. The molecule has 2 rings (SSSR count). The van der Waals surface area contributed by atoms with E-state index in [4.69, 9.17) is 9.47 Å². The maximum Gasteiger partial charge on any atom is 0.259 e. The zero-order valence-electron chi connectivity index (χ0n) is 14.7. The summed E-state index contributed by atoms with van der Waals surface area (Å²) in [6.07, 6.45) is 1.56. The van der Waals surface area contributed by atoms with E-state index >= 15 is 0 Å². The maximum atomic E-state index is 11.8. The fourth-order valence-electron chi connectivity index (χ4n) is 2.11. The fraction of sp³-hybridized carbons (Fsp3) is 0.263. The lowest BCUT2D eigenvalue weighted by atomic mass is 10.2. The van der Waals surface area contributed by atoms with Gasteiger partial charge in [-0.05, 0) is 49.7 Å². The first-order valence-corrected chi connectivity index (χ1v) is 8.05. The Morgan fingerprint density at radius 2 is 1.92 bits per heavy atom. The fourth-order valence-corrected chi connectivity index (χ4v) is 2.11. The van der Waals surface area contributed by atoms with Gasteiger partial charge in [0.1, 0.15) is 0 Å². The van der Waals surface area contributed by atoms with Crippen LogP contribution < -0.4 is 20.2 Å². The van der Waals surface area contributed by atoms with E-state index in [0.717, 1.165) is 11.3 Å². The number of anilines is 1. The molecule has 0 bridgehead atoms. The second kappa shape index (κ2) is 9.32. The maximum absolute atomic E-state index is 11.8. The monoisotopic (exact) mass is 341 g/mol. The molecular formula is C19H23N3O3. The van der Waals surface area contributed by atoms with E-state index < -0.39 is 0 Å². The molecule has 6 heteroatoms. The number of nitrogens with one attached hydrogen (secondary N) is 2. The van der Waals surface area contributed by atoms with Gasteiger partial charge in [-0.25, -0.2) is 5.43 Å². The van der Waals surface area contributed by atoms with Gasteiger partial charge in [0.15, 0.2) is 11.5 Å². The third kappa shape index (κ3) is 5.84. The summed E-state index contributed by atoms with van der Waals surface area (Å²) in [7, 11) is 1.59. The van der Waals surface area contributed by atoms with Crippen LogP contribution in [0.1, 0.15) is 18.1 Å². The first-order chi connectivity index (χ1) is 12.1. The smallest absolute Gasteiger partial charge is 0.259 e. The molecule has 2 N–H and O–H groups in total. The summed E-state index contributed by atoms with van der Waals surface area (Å²) in [5.74, 6) is 1.07. The van der Waals surface area contributed by atoms with Crippen LogP contribution in [0.15, 0.2) is 47.6 Å². The predicted molar refractivity (Wildman–Crippen MR) is 99.6 cm³/mol. The van der Waals surface area contributed by atoms with Gasteiger partial charge in [0, 0.05) is 5.69 Å². The van der Waals surface area contributed by atoms with Crippen molar-refractivity contribution in [2.75, 3.05) is 25.6 Å².